The second-order valence-electron chi connectivity index (χ2n) is 2.36. The minimum Gasteiger partial charge on any atom is -0.385 e. The molecule has 1 aromatic carbocycles. The Morgan fingerprint density at radius 3 is 2.90 bits per heavy atom. The lowest BCUT2D eigenvalue weighted by molar-refractivity contribution is 1.62. The highest BCUT2D eigenvalue weighted by Crippen LogP contribution is 1.99. The maximum Gasteiger partial charge on any atom is 0.297 e. The summed E-state index contributed by atoms with van der Waals surface area (Å²) in [6, 6.07) is 8.04. The number of benzene rings is 1. The van der Waals surface area contributed by atoms with E-state index >= 15 is 0 Å². The number of fused-ring (bicyclic) bond motifs is 1. The number of rotatable bonds is 0. The maximum absolute atomic E-state index is 5.60. The first-order chi connectivity index (χ1) is 4.88. The normalized spacial score (nSPS) is 13.8. The molecule has 0 bridgehead atoms. The predicted molar refractivity (Wildman–Crippen MR) is 43.9 cm³/mol. The van der Waals surface area contributed by atoms with Crippen molar-refractivity contribution in [2.24, 2.45) is 10.6 Å². The standard InChI is InChI=1S/C7H7BN2/c9-7-5-3-1-2-4-6(5)8-10-7/h1-4,8H,(H2,9,10). The summed E-state index contributed by atoms with van der Waals surface area (Å²) in [5.41, 5.74) is 7.93. The number of nitrogens with zero attached hydrogens (tertiary/aromatic N) is 1. The highest BCUT2D eigenvalue weighted by molar-refractivity contribution is 6.59. The van der Waals surface area contributed by atoms with Gasteiger partial charge < -0.3 is 10.6 Å². The van der Waals surface area contributed by atoms with Gasteiger partial charge in [0, 0.05) is 5.56 Å². The van der Waals surface area contributed by atoms with Gasteiger partial charge >= 0.3 is 0 Å². The van der Waals surface area contributed by atoms with Gasteiger partial charge in [-0.05, 0) is 5.46 Å². The van der Waals surface area contributed by atoms with Crippen LogP contribution in [0.2, 0.25) is 0 Å². The SMILES string of the molecule is NC1=NBc2ccccc21. The van der Waals surface area contributed by atoms with Gasteiger partial charge in [-0.2, -0.15) is 0 Å². The smallest absolute Gasteiger partial charge is 0.297 e. The molecule has 1 aliphatic heterocycles. The average Bonchev–Trinajstić information content (AvgIpc) is 2.34. The van der Waals surface area contributed by atoms with Crippen LogP contribution in [0.3, 0.4) is 0 Å². The Kier molecular flexibility index (Phi) is 1.03. The van der Waals surface area contributed by atoms with Crippen LogP contribution >= 0.6 is 0 Å². The zero-order valence-electron chi connectivity index (χ0n) is 5.54. The van der Waals surface area contributed by atoms with Gasteiger partial charge in [0.25, 0.3) is 7.41 Å². The predicted octanol–water partition coefficient (Wildman–Crippen LogP) is -0.618. The zero-order chi connectivity index (χ0) is 6.97. The first kappa shape index (κ1) is 5.53. The molecule has 0 amide bonds. The molecule has 0 saturated carbocycles. The Bertz CT molecular complexity index is 293. The lowest BCUT2D eigenvalue weighted by Crippen LogP contribution is -2.16. The average molecular weight is 130 g/mol. The summed E-state index contributed by atoms with van der Waals surface area (Å²) in [6.07, 6.45) is 0. The Hall–Kier alpha value is -1.25. The summed E-state index contributed by atoms with van der Waals surface area (Å²) >= 11 is 0. The topological polar surface area (TPSA) is 38.4 Å². The zero-order valence-corrected chi connectivity index (χ0v) is 5.54. The maximum atomic E-state index is 5.60. The van der Waals surface area contributed by atoms with Crippen molar-refractivity contribution in [3.05, 3.63) is 29.8 Å². The third kappa shape index (κ3) is 0.636. The molecule has 0 saturated heterocycles. The van der Waals surface area contributed by atoms with Crippen LogP contribution in [0.1, 0.15) is 5.56 Å². The second-order valence-corrected chi connectivity index (χ2v) is 2.36. The quantitative estimate of drug-likeness (QED) is 0.467. The minimum atomic E-state index is 0.676. The van der Waals surface area contributed by atoms with Crippen LogP contribution in [0.4, 0.5) is 0 Å². The van der Waals surface area contributed by atoms with E-state index in [-0.39, 0.29) is 0 Å². The van der Waals surface area contributed by atoms with E-state index in [0.717, 1.165) is 13.0 Å². The van der Waals surface area contributed by atoms with Gasteiger partial charge in [0.1, 0.15) is 5.84 Å². The van der Waals surface area contributed by atoms with E-state index in [4.69, 9.17) is 5.73 Å². The van der Waals surface area contributed by atoms with Crippen LogP contribution in [-0.2, 0) is 0 Å². The molecule has 0 radical (unpaired) electrons. The van der Waals surface area contributed by atoms with Gasteiger partial charge in [-0.25, -0.2) is 0 Å². The molecular weight excluding hydrogens is 123 g/mol. The van der Waals surface area contributed by atoms with Crippen molar-refractivity contribution in [3.63, 3.8) is 0 Å². The monoisotopic (exact) mass is 130 g/mol. The molecule has 1 aliphatic rings. The Balaban J connectivity index is 2.61. The Labute approximate surface area is 60.0 Å². The lowest BCUT2D eigenvalue weighted by atomic mass is 9.84. The van der Waals surface area contributed by atoms with Crippen LogP contribution in [-0.4, -0.2) is 13.3 Å². The van der Waals surface area contributed by atoms with E-state index in [1.54, 1.807) is 0 Å². The van der Waals surface area contributed by atoms with Gasteiger partial charge in [0.05, 0.1) is 0 Å². The number of hydrogen-bond donors (Lipinski definition) is 1. The van der Waals surface area contributed by atoms with Crippen molar-refractivity contribution >= 4 is 18.7 Å². The highest BCUT2D eigenvalue weighted by Gasteiger charge is 2.11. The highest BCUT2D eigenvalue weighted by atomic mass is 14.8. The fourth-order valence-corrected chi connectivity index (χ4v) is 1.16. The third-order valence-corrected chi connectivity index (χ3v) is 1.71. The summed E-state index contributed by atoms with van der Waals surface area (Å²) in [4.78, 5) is 4.10. The van der Waals surface area contributed by atoms with Crippen molar-refractivity contribution in [3.8, 4) is 0 Å². The molecule has 1 aromatic rings. The summed E-state index contributed by atoms with van der Waals surface area (Å²) in [6.45, 7) is 0. The number of amidine groups is 1. The molecule has 48 valence electrons. The second kappa shape index (κ2) is 1.87. The Morgan fingerprint density at radius 2 is 2.10 bits per heavy atom. The largest absolute Gasteiger partial charge is 0.385 e. The van der Waals surface area contributed by atoms with Crippen LogP contribution in [0.15, 0.2) is 29.2 Å². The van der Waals surface area contributed by atoms with Crippen LogP contribution in [0, 0.1) is 0 Å². The van der Waals surface area contributed by atoms with Crippen molar-refractivity contribution in [1.82, 2.24) is 0 Å². The molecule has 10 heavy (non-hydrogen) atoms. The fraction of sp³-hybridized carbons (Fsp3) is 0. The molecule has 2 N–H and O–H groups in total. The fourth-order valence-electron chi connectivity index (χ4n) is 1.16. The van der Waals surface area contributed by atoms with E-state index in [1.165, 1.54) is 5.46 Å². The van der Waals surface area contributed by atoms with Crippen LogP contribution < -0.4 is 11.2 Å². The molecule has 0 fully saturated rings. The first-order valence-corrected chi connectivity index (χ1v) is 3.26. The van der Waals surface area contributed by atoms with Crippen LogP contribution in [0.25, 0.3) is 0 Å². The van der Waals surface area contributed by atoms with Gasteiger partial charge in [0.15, 0.2) is 0 Å². The van der Waals surface area contributed by atoms with E-state index < -0.39 is 0 Å². The summed E-state index contributed by atoms with van der Waals surface area (Å²) < 4.78 is 0. The lowest BCUT2D eigenvalue weighted by Gasteiger charge is -1.95. The van der Waals surface area contributed by atoms with Gasteiger partial charge in [-0.3, -0.25) is 0 Å². The molecule has 1 heterocycles. The number of nitrogens with two attached hydrogens (primary N) is 1. The molecule has 0 aliphatic carbocycles. The van der Waals surface area contributed by atoms with E-state index in [0.29, 0.717) is 5.84 Å². The van der Waals surface area contributed by atoms with Crippen molar-refractivity contribution < 1.29 is 0 Å². The summed E-state index contributed by atoms with van der Waals surface area (Å²) in [7, 11) is 0.752. The van der Waals surface area contributed by atoms with E-state index in [2.05, 4.69) is 11.0 Å². The van der Waals surface area contributed by atoms with E-state index in [9.17, 15) is 0 Å². The van der Waals surface area contributed by atoms with E-state index in [1.807, 2.05) is 18.2 Å². The van der Waals surface area contributed by atoms with Crippen molar-refractivity contribution in [2.75, 3.05) is 0 Å². The van der Waals surface area contributed by atoms with Gasteiger partial charge in [-0.15, -0.1) is 0 Å². The molecule has 2 rings (SSSR count). The molecule has 0 spiro atoms. The summed E-state index contributed by atoms with van der Waals surface area (Å²) in [5, 5.41) is 0. The molecular formula is C7H7BN2. The molecule has 2 nitrogen and oxygen atoms in total. The molecule has 0 aromatic heterocycles. The third-order valence-electron chi connectivity index (χ3n) is 1.71. The minimum absolute atomic E-state index is 0.676. The van der Waals surface area contributed by atoms with Gasteiger partial charge in [-0.1, -0.05) is 24.3 Å². The molecule has 0 unspecified atom stereocenters. The molecule has 3 heteroatoms. The molecule has 0 atom stereocenters. The summed E-state index contributed by atoms with van der Waals surface area (Å²) in [5.74, 6) is 0.676. The Morgan fingerprint density at radius 1 is 1.30 bits per heavy atom. The van der Waals surface area contributed by atoms with Crippen LogP contribution in [0.5, 0.6) is 0 Å². The first-order valence-electron chi connectivity index (χ1n) is 3.26. The number of hydrogen-bond acceptors (Lipinski definition) is 2. The van der Waals surface area contributed by atoms with Gasteiger partial charge in [0.2, 0.25) is 0 Å². The van der Waals surface area contributed by atoms with Crippen molar-refractivity contribution in [2.45, 2.75) is 0 Å². The van der Waals surface area contributed by atoms with Crippen molar-refractivity contribution in [1.29, 1.82) is 0 Å².